The van der Waals surface area contributed by atoms with Crippen LogP contribution in [0.25, 0.3) is 0 Å². The van der Waals surface area contributed by atoms with Crippen LogP contribution in [-0.4, -0.2) is 52.0 Å². The third-order valence-corrected chi connectivity index (χ3v) is 7.45. The smallest absolute Gasteiger partial charge is 0.419 e. The third kappa shape index (κ3) is 6.93. The minimum absolute atomic E-state index is 0.0665. The number of benzene rings is 1. The van der Waals surface area contributed by atoms with Crippen LogP contribution in [-0.2, 0) is 26.9 Å². The van der Waals surface area contributed by atoms with Crippen molar-refractivity contribution in [2.45, 2.75) is 89.2 Å². The number of aromatic nitrogens is 1. The highest BCUT2D eigenvalue weighted by Gasteiger charge is 2.42. The molecule has 4 N–H and O–H groups in total. The van der Waals surface area contributed by atoms with E-state index in [0.717, 1.165) is 17.3 Å². The zero-order valence-corrected chi connectivity index (χ0v) is 23.8. The number of nitrogens with one attached hydrogen (secondary N) is 2. The van der Waals surface area contributed by atoms with Gasteiger partial charge in [-0.3, -0.25) is 14.5 Å². The van der Waals surface area contributed by atoms with Gasteiger partial charge < -0.3 is 21.1 Å². The number of amides is 3. The Hall–Kier alpha value is -3.90. The predicted octanol–water partition coefficient (Wildman–Crippen LogP) is 4.61. The van der Waals surface area contributed by atoms with Crippen molar-refractivity contribution in [3.63, 3.8) is 0 Å². The number of anilines is 1. The number of ether oxygens (including phenoxy) is 1. The van der Waals surface area contributed by atoms with Gasteiger partial charge in [0.15, 0.2) is 0 Å². The molecule has 0 spiro atoms. The van der Waals surface area contributed by atoms with Crippen LogP contribution in [0.5, 0.6) is 0 Å². The van der Waals surface area contributed by atoms with Crippen molar-refractivity contribution in [2.75, 3.05) is 12.3 Å². The van der Waals surface area contributed by atoms with Crippen LogP contribution in [0.15, 0.2) is 30.3 Å². The van der Waals surface area contributed by atoms with E-state index in [1.54, 1.807) is 32.9 Å². The van der Waals surface area contributed by atoms with Crippen molar-refractivity contribution >= 4 is 23.7 Å². The predicted molar refractivity (Wildman–Crippen MR) is 146 cm³/mol. The summed E-state index contributed by atoms with van der Waals surface area (Å²) >= 11 is 0. The second kappa shape index (κ2) is 11.8. The standard InChI is InChI=1S/C29H35F4N5O4/c1-15(25(39)37-21-10-9-20-18(21)8-11-23(34)36-20)35-26(40)22-14-16(12-13-38(22)27(41)42-28(2,3)4)17-6-5-7-19(24(17)30)29(31,32)33/h5-8,11,15-16,21-22H,9-10,12-14H2,1-4H3,(H2,34,36)(H,35,40)(H,37,39)/t15-,16-,21+,22+/m0/s1. The molecule has 1 aliphatic carbocycles. The lowest BCUT2D eigenvalue weighted by Gasteiger charge is -2.39. The molecule has 1 saturated heterocycles. The minimum atomic E-state index is -4.89. The zero-order chi connectivity index (χ0) is 31.0. The lowest BCUT2D eigenvalue weighted by Crippen LogP contribution is -2.57. The Kier molecular flexibility index (Phi) is 8.70. The van der Waals surface area contributed by atoms with Gasteiger partial charge in [0.2, 0.25) is 11.8 Å². The average molecular weight is 594 g/mol. The molecule has 1 aromatic heterocycles. The maximum Gasteiger partial charge on any atom is 0.419 e. The first-order valence-electron chi connectivity index (χ1n) is 13.8. The number of likely N-dealkylation sites (tertiary alicyclic amines) is 1. The minimum Gasteiger partial charge on any atom is -0.444 e. The van der Waals surface area contributed by atoms with Crippen molar-refractivity contribution in [1.29, 1.82) is 0 Å². The summed E-state index contributed by atoms with van der Waals surface area (Å²) in [4.78, 5) is 45.0. The summed E-state index contributed by atoms with van der Waals surface area (Å²) in [6, 6.07) is 3.92. The molecular formula is C29H35F4N5O4. The third-order valence-electron chi connectivity index (χ3n) is 7.45. The summed E-state index contributed by atoms with van der Waals surface area (Å²) in [5.74, 6) is -2.99. The number of hydrogen-bond acceptors (Lipinski definition) is 6. The van der Waals surface area contributed by atoms with E-state index >= 15 is 4.39 Å². The highest BCUT2D eigenvalue weighted by atomic mass is 19.4. The molecule has 9 nitrogen and oxygen atoms in total. The van der Waals surface area contributed by atoms with Gasteiger partial charge in [0.25, 0.3) is 0 Å². The first kappa shape index (κ1) is 31.0. The molecule has 1 aromatic carbocycles. The Morgan fingerprint density at radius 1 is 1.10 bits per heavy atom. The summed E-state index contributed by atoms with van der Waals surface area (Å²) in [5.41, 5.74) is 4.91. The molecule has 4 atom stereocenters. The van der Waals surface area contributed by atoms with Gasteiger partial charge in [0.1, 0.15) is 29.3 Å². The molecule has 3 amide bonds. The number of nitrogens with zero attached hydrogens (tertiary/aromatic N) is 2. The fourth-order valence-corrected chi connectivity index (χ4v) is 5.42. The number of nitrogens with two attached hydrogens (primary N) is 1. The number of alkyl halides is 3. The van der Waals surface area contributed by atoms with Crippen molar-refractivity contribution in [1.82, 2.24) is 20.5 Å². The average Bonchev–Trinajstić information content (AvgIpc) is 3.28. The summed E-state index contributed by atoms with van der Waals surface area (Å²) in [5, 5.41) is 5.51. The van der Waals surface area contributed by atoms with Crippen LogP contribution in [0.1, 0.15) is 81.3 Å². The number of pyridine rings is 1. The highest BCUT2D eigenvalue weighted by Crippen LogP contribution is 2.39. The zero-order valence-electron chi connectivity index (χ0n) is 23.8. The van der Waals surface area contributed by atoms with E-state index in [2.05, 4.69) is 15.6 Å². The van der Waals surface area contributed by atoms with Gasteiger partial charge in [-0.05, 0) is 82.6 Å². The van der Waals surface area contributed by atoms with Crippen molar-refractivity contribution < 1.29 is 36.7 Å². The van der Waals surface area contributed by atoms with Crippen LogP contribution < -0.4 is 16.4 Å². The maximum absolute atomic E-state index is 15.0. The molecule has 1 aliphatic heterocycles. The van der Waals surface area contributed by atoms with E-state index in [1.165, 1.54) is 17.9 Å². The lowest BCUT2D eigenvalue weighted by atomic mass is 9.84. The van der Waals surface area contributed by atoms with Crippen LogP contribution in [0.2, 0.25) is 0 Å². The normalized spacial score (nSPS) is 21.3. The van der Waals surface area contributed by atoms with Gasteiger partial charge in [-0.2, -0.15) is 13.2 Å². The summed E-state index contributed by atoms with van der Waals surface area (Å²) in [6.07, 6.45) is -4.50. The number of carbonyl (C=O) groups is 3. The molecular weight excluding hydrogens is 558 g/mol. The van der Waals surface area contributed by atoms with E-state index < -0.39 is 59.1 Å². The molecule has 228 valence electrons. The highest BCUT2D eigenvalue weighted by molar-refractivity contribution is 5.91. The number of fused-ring (bicyclic) bond motifs is 1. The van der Waals surface area contributed by atoms with E-state index in [0.29, 0.717) is 24.7 Å². The van der Waals surface area contributed by atoms with E-state index in [4.69, 9.17) is 10.5 Å². The SMILES string of the molecule is C[C@H](NC(=O)[C@H]1C[C@@H](c2cccc(C(F)(F)F)c2F)CCN1C(=O)OC(C)(C)C)C(=O)N[C@@H]1CCc2nc(N)ccc21. The second-order valence-corrected chi connectivity index (χ2v) is 11.7. The van der Waals surface area contributed by atoms with Crippen molar-refractivity contribution in [2.24, 2.45) is 0 Å². The molecule has 0 bridgehead atoms. The number of hydrogen-bond donors (Lipinski definition) is 3. The Bertz CT molecular complexity index is 1360. The molecule has 13 heteroatoms. The van der Waals surface area contributed by atoms with Crippen molar-refractivity contribution in [3.8, 4) is 0 Å². The molecule has 0 saturated carbocycles. The molecule has 1 fully saturated rings. The molecule has 0 unspecified atom stereocenters. The Morgan fingerprint density at radius 2 is 1.81 bits per heavy atom. The Labute approximate surface area is 241 Å². The number of rotatable bonds is 5. The molecule has 42 heavy (non-hydrogen) atoms. The number of piperidine rings is 1. The van der Waals surface area contributed by atoms with Gasteiger partial charge in [-0.1, -0.05) is 18.2 Å². The summed E-state index contributed by atoms with van der Waals surface area (Å²) in [7, 11) is 0. The Balaban J connectivity index is 1.52. The topological polar surface area (TPSA) is 127 Å². The second-order valence-electron chi connectivity index (χ2n) is 11.7. The van der Waals surface area contributed by atoms with Gasteiger partial charge in [0, 0.05) is 12.2 Å². The van der Waals surface area contributed by atoms with Gasteiger partial charge in [-0.15, -0.1) is 0 Å². The molecule has 2 aliphatic rings. The molecule has 2 heterocycles. The lowest BCUT2D eigenvalue weighted by molar-refractivity contribution is -0.140. The number of nitrogen functional groups attached to an aromatic ring is 1. The summed E-state index contributed by atoms with van der Waals surface area (Å²) in [6.45, 7) is 6.38. The van der Waals surface area contributed by atoms with Gasteiger partial charge in [-0.25, -0.2) is 14.2 Å². The number of halogens is 4. The van der Waals surface area contributed by atoms with E-state index in [9.17, 15) is 27.6 Å². The molecule has 2 aromatic rings. The number of aryl methyl sites for hydroxylation is 1. The van der Waals surface area contributed by atoms with Gasteiger partial charge in [0.05, 0.1) is 11.6 Å². The monoisotopic (exact) mass is 593 g/mol. The molecule has 4 rings (SSSR count). The largest absolute Gasteiger partial charge is 0.444 e. The first-order chi connectivity index (χ1) is 19.5. The van der Waals surface area contributed by atoms with Crippen LogP contribution in [0.4, 0.5) is 28.2 Å². The van der Waals surface area contributed by atoms with Crippen LogP contribution in [0.3, 0.4) is 0 Å². The first-order valence-corrected chi connectivity index (χ1v) is 13.8. The fraction of sp³-hybridized carbons (Fsp3) is 0.517. The maximum atomic E-state index is 15.0. The van der Waals surface area contributed by atoms with Crippen LogP contribution >= 0.6 is 0 Å². The summed E-state index contributed by atoms with van der Waals surface area (Å²) < 4.78 is 60.6. The van der Waals surface area contributed by atoms with E-state index in [1.807, 2.05) is 0 Å². The molecule has 0 radical (unpaired) electrons. The number of carbonyl (C=O) groups excluding carboxylic acids is 3. The van der Waals surface area contributed by atoms with Gasteiger partial charge >= 0.3 is 12.3 Å². The van der Waals surface area contributed by atoms with E-state index in [-0.39, 0.29) is 31.0 Å². The van der Waals surface area contributed by atoms with Crippen molar-refractivity contribution in [3.05, 3.63) is 58.5 Å². The van der Waals surface area contributed by atoms with Crippen LogP contribution in [0, 0.1) is 5.82 Å². The Morgan fingerprint density at radius 3 is 2.48 bits per heavy atom. The quantitative estimate of drug-likeness (QED) is 0.435. The fourth-order valence-electron chi connectivity index (χ4n) is 5.42.